The lowest BCUT2D eigenvalue weighted by Gasteiger charge is -2.06. The van der Waals surface area contributed by atoms with Gasteiger partial charge in [0.25, 0.3) is 0 Å². The molecule has 0 aliphatic rings. The Labute approximate surface area is 136 Å². The van der Waals surface area contributed by atoms with E-state index in [9.17, 15) is 9.50 Å². The molecule has 4 rings (SSSR count). The monoisotopic (exact) mass is 323 g/mol. The third kappa shape index (κ3) is 2.23. The summed E-state index contributed by atoms with van der Waals surface area (Å²) in [6, 6.07) is 14.6. The van der Waals surface area contributed by atoms with Gasteiger partial charge in [-0.3, -0.25) is 0 Å². The number of aromatic nitrogens is 1. The fourth-order valence-electron chi connectivity index (χ4n) is 2.90. The summed E-state index contributed by atoms with van der Waals surface area (Å²) < 4.78 is 13.9. The standard InChI is InChI=1S/C19H14FNOS/c1-11-8-9-23-19(11)18-17(12-6-7-16(22)14(20)10-12)13-4-2-3-5-15(13)21-18/h2-10,21-22H,1H3. The normalized spacial score (nSPS) is 11.2. The van der Waals surface area contributed by atoms with Crippen LogP contribution in [0.2, 0.25) is 0 Å². The van der Waals surface area contributed by atoms with Crippen LogP contribution in [0.4, 0.5) is 4.39 Å². The lowest BCUT2D eigenvalue weighted by atomic mass is 10.00. The quantitative estimate of drug-likeness (QED) is 0.486. The van der Waals surface area contributed by atoms with E-state index < -0.39 is 5.82 Å². The zero-order valence-corrected chi connectivity index (χ0v) is 13.2. The molecule has 4 heteroatoms. The van der Waals surface area contributed by atoms with Crippen molar-refractivity contribution < 1.29 is 9.50 Å². The Bertz CT molecular complexity index is 1020. The predicted octanol–water partition coefficient (Wildman–Crippen LogP) is 5.72. The molecule has 0 saturated heterocycles. The van der Waals surface area contributed by atoms with Gasteiger partial charge in [0.1, 0.15) is 0 Å². The van der Waals surface area contributed by atoms with Gasteiger partial charge in [0.05, 0.1) is 10.6 Å². The van der Waals surface area contributed by atoms with Crippen molar-refractivity contribution in [3.05, 3.63) is 65.3 Å². The zero-order chi connectivity index (χ0) is 16.0. The van der Waals surface area contributed by atoms with E-state index >= 15 is 0 Å². The molecule has 0 unspecified atom stereocenters. The molecule has 114 valence electrons. The number of H-pyrrole nitrogens is 1. The van der Waals surface area contributed by atoms with E-state index in [1.807, 2.05) is 24.3 Å². The number of fused-ring (bicyclic) bond motifs is 1. The molecule has 2 heterocycles. The number of benzene rings is 2. The van der Waals surface area contributed by atoms with Crippen molar-refractivity contribution >= 4 is 22.2 Å². The molecule has 0 radical (unpaired) electrons. The smallest absolute Gasteiger partial charge is 0.165 e. The van der Waals surface area contributed by atoms with E-state index in [4.69, 9.17) is 0 Å². The molecule has 0 aliphatic carbocycles. The minimum Gasteiger partial charge on any atom is -0.505 e. The molecule has 0 atom stereocenters. The fourth-order valence-corrected chi connectivity index (χ4v) is 3.84. The highest BCUT2D eigenvalue weighted by molar-refractivity contribution is 7.13. The van der Waals surface area contributed by atoms with Crippen LogP contribution in [0.25, 0.3) is 32.6 Å². The largest absolute Gasteiger partial charge is 0.505 e. The topological polar surface area (TPSA) is 36.0 Å². The van der Waals surface area contributed by atoms with Gasteiger partial charge in [-0.05, 0) is 47.7 Å². The summed E-state index contributed by atoms with van der Waals surface area (Å²) in [4.78, 5) is 4.61. The molecule has 2 nitrogen and oxygen atoms in total. The second-order valence-corrected chi connectivity index (χ2v) is 6.44. The van der Waals surface area contributed by atoms with Crippen LogP contribution >= 0.6 is 11.3 Å². The van der Waals surface area contributed by atoms with Crippen LogP contribution < -0.4 is 0 Å². The molecule has 0 bridgehead atoms. The van der Waals surface area contributed by atoms with Crippen LogP contribution in [0, 0.1) is 12.7 Å². The highest BCUT2D eigenvalue weighted by atomic mass is 32.1. The van der Waals surface area contributed by atoms with Crippen molar-refractivity contribution in [3.8, 4) is 27.4 Å². The number of rotatable bonds is 2. The van der Waals surface area contributed by atoms with Gasteiger partial charge in [0.15, 0.2) is 11.6 Å². The van der Waals surface area contributed by atoms with Gasteiger partial charge in [-0.25, -0.2) is 4.39 Å². The van der Waals surface area contributed by atoms with Crippen LogP contribution in [0.5, 0.6) is 5.75 Å². The van der Waals surface area contributed by atoms with E-state index in [1.165, 1.54) is 17.7 Å². The number of aromatic hydroxyl groups is 1. The highest BCUT2D eigenvalue weighted by Gasteiger charge is 2.18. The van der Waals surface area contributed by atoms with E-state index in [0.717, 1.165) is 32.6 Å². The van der Waals surface area contributed by atoms with Gasteiger partial charge in [-0.2, -0.15) is 0 Å². The summed E-state index contributed by atoms with van der Waals surface area (Å²) in [7, 11) is 0. The Kier molecular flexibility index (Phi) is 3.20. The molecule has 23 heavy (non-hydrogen) atoms. The number of thiophene rings is 1. The Morgan fingerprint density at radius 1 is 1.09 bits per heavy atom. The maximum Gasteiger partial charge on any atom is 0.165 e. The molecular weight excluding hydrogens is 309 g/mol. The average Bonchev–Trinajstić information content (AvgIpc) is 3.13. The molecule has 2 N–H and O–H groups in total. The van der Waals surface area contributed by atoms with Crippen LogP contribution in [0.1, 0.15) is 5.56 Å². The number of hydrogen-bond acceptors (Lipinski definition) is 2. The van der Waals surface area contributed by atoms with Crippen molar-refractivity contribution in [2.24, 2.45) is 0 Å². The summed E-state index contributed by atoms with van der Waals surface area (Å²) in [5.74, 6) is -0.941. The summed E-state index contributed by atoms with van der Waals surface area (Å²) in [6.07, 6.45) is 0. The minimum atomic E-state index is -0.610. The Hall–Kier alpha value is -2.59. The summed E-state index contributed by atoms with van der Waals surface area (Å²) in [5, 5.41) is 12.6. The van der Waals surface area contributed by atoms with E-state index in [2.05, 4.69) is 23.4 Å². The molecular formula is C19H14FNOS. The third-order valence-electron chi connectivity index (χ3n) is 4.03. The maximum absolute atomic E-state index is 13.9. The highest BCUT2D eigenvalue weighted by Crippen LogP contribution is 2.41. The van der Waals surface area contributed by atoms with Gasteiger partial charge in [-0.1, -0.05) is 24.3 Å². The first-order valence-electron chi connectivity index (χ1n) is 7.29. The summed E-state index contributed by atoms with van der Waals surface area (Å²) in [6.45, 7) is 2.07. The lowest BCUT2D eigenvalue weighted by Crippen LogP contribution is -1.84. The first kappa shape index (κ1) is 14.0. The summed E-state index contributed by atoms with van der Waals surface area (Å²) in [5.41, 5.74) is 4.90. The third-order valence-corrected chi connectivity index (χ3v) is 5.07. The number of phenolic OH excluding ortho intramolecular Hbond substituents is 1. The molecule has 4 aromatic rings. The molecule has 0 saturated carbocycles. The number of aryl methyl sites for hydroxylation is 1. The molecule has 0 amide bonds. The van der Waals surface area contributed by atoms with Gasteiger partial charge in [0.2, 0.25) is 0 Å². The predicted molar refractivity (Wildman–Crippen MR) is 93.4 cm³/mol. The van der Waals surface area contributed by atoms with Crippen LogP contribution in [0.3, 0.4) is 0 Å². The van der Waals surface area contributed by atoms with Gasteiger partial charge in [-0.15, -0.1) is 11.3 Å². The van der Waals surface area contributed by atoms with Gasteiger partial charge < -0.3 is 10.1 Å². The van der Waals surface area contributed by atoms with Crippen LogP contribution in [-0.4, -0.2) is 10.1 Å². The van der Waals surface area contributed by atoms with Crippen LogP contribution in [0.15, 0.2) is 53.9 Å². The first-order chi connectivity index (χ1) is 11.1. The van der Waals surface area contributed by atoms with Crippen molar-refractivity contribution in [3.63, 3.8) is 0 Å². The average molecular weight is 323 g/mol. The summed E-state index contributed by atoms with van der Waals surface area (Å²) >= 11 is 1.66. The molecule has 0 fully saturated rings. The Morgan fingerprint density at radius 2 is 1.91 bits per heavy atom. The second-order valence-electron chi connectivity index (χ2n) is 5.52. The van der Waals surface area contributed by atoms with Crippen molar-refractivity contribution in [1.82, 2.24) is 4.98 Å². The number of phenols is 1. The first-order valence-corrected chi connectivity index (χ1v) is 8.17. The van der Waals surface area contributed by atoms with Gasteiger partial charge in [0, 0.05) is 16.5 Å². The molecule has 2 aromatic heterocycles. The Balaban J connectivity index is 2.07. The number of para-hydroxylation sites is 1. The maximum atomic E-state index is 13.9. The van der Waals surface area contributed by atoms with Crippen LogP contribution in [-0.2, 0) is 0 Å². The van der Waals surface area contributed by atoms with Crippen molar-refractivity contribution in [2.75, 3.05) is 0 Å². The minimum absolute atomic E-state index is 0.331. The number of halogens is 1. The fraction of sp³-hybridized carbons (Fsp3) is 0.0526. The molecule has 0 spiro atoms. The van der Waals surface area contributed by atoms with E-state index in [1.54, 1.807) is 17.4 Å². The van der Waals surface area contributed by atoms with Gasteiger partial charge >= 0.3 is 0 Å². The Morgan fingerprint density at radius 3 is 2.65 bits per heavy atom. The lowest BCUT2D eigenvalue weighted by molar-refractivity contribution is 0.432. The second kappa shape index (κ2) is 5.25. The van der Waals surface area contributed by atoms with E-state index in [0.29, 0.717) is 0 Å². The zero-order valence-electron chi connectivity index (χ0n) is 12.4. The van der Waals surface area contributed by atoms with Crippen molar-refractivity contribution in [2.45, 2.75) is 6.92 Å². The SMILES string of the molecule is Cc1ccsc1-c1[nH]c2ccccc2c1-c1ccc(O)c(F)c1. The number of nitrogens with one attached hydrogen (secondary N) is 1. The van der Waals surface area contributed by atoms with Crippen molar-refractivity contribution in [1.29, 1.82) is 0 Å². The number of hydrogen-bond donors (Lipinski definition) is 2. The number of aromatic amines is 1. The molecule has 0 aliphatic heterocycles. The van der Waals surface area contributed by atoms with E-state index in [-0.39, 0.29) is 5.75 Å². The molecule has 2 aromatic carbocycles.